The second-order valence-corrected chi connectivity index (χ2v) is 19.5. The molecule has 0 spiro atoms. The van der Waals surface area contributed by atoms with Gasteiger partial charge >= 0.3 is 156 Å². The molecule has 0 fully saturated rings. The number of fused-ring (bicyclic) bond motifs is 2. The van der Waals surface area contributed by atoms with E-state index in [1.807, 2.05) is 36.5 Å². The van der Waals surface area contributed by atoms with Crippen LogP contribution in [0.15, 0.2) is 72.6 Å². The molecule has 1 N–H and O–H groups in total. The fourth-order valence-electron chi connectivity index (χ4n) is 3.75. The number of pyridine rings is 1. The van der Waals surface area contributed by atoms with Gasteiger partial charge in [-0.05, 0) is 13.8 Å². The van der Waals surface area contributed by atoms with Gasteiger partial charge in [-0.3, -0.25) is 4.79 Å². The van der Waals surface area contributed by atoms with Gasteiger partial charge in [0.05, 0.1) is 5.76 Å². The van der Waals surface area contributed by atoms with Crippen LogP contribution < -0.4 is 4.40 Å². The smallest absolute Gasteiger partial charge is 0 e. The molecular formula is C28H27GeIrN2O2-. The van der Waals surface area contributed by atoms with Crippen molar-refractivity contribution in [3.8, 4) is 17.3 Å². The summed E-state index contributed by atoms with van der Waals surface area (Å²) in [4.78, 5) is 14.8. The van der Waals surface area contributed by atoms with Crippen LogP contribution >= 0.6 is 0 Å². The van der Waals surface area contributed by atoms with Crippen molar-refractivity contribution in [1.29, 1.82) is 5.26 Å². The molecule has 0 bridgehead atoms. The van der Waals surface area contributed by atoms with E-state index in [4.69, 9.17) is 10.1 Å². The molecule has 0 unspecified atom stereocenters. The maximum Gasteiger partial charge on any atom is 0 e. The van der Waals surface area contributed by atoms with Crippen LogP contribution in [0.1, 0.15) is 19.4 Å². The molecule has 0 saturated carbocycles. The summed E-state index contributed by atoms with van der Waals surface area (Å²) in [5, 5.41) is 22.3. The predicted molar refractivity (Wildman–Crippen MR) is 138 cm³/mol. The molecule has 4 nitrogen and oxygen atoms in total. The van der Waals surface area contributed by atoms with Crippen LogP contribution in [0.4, 0.5) is 0 Å². The Balaban J connectivity index is 0.000000449. The second kappa shape index (κ2) is 11.6. The van der Waals surface area contributed by atoms with Gasteiger partial charge < -0.3 is 5.11 Å². The molecular weight excluding hydrogens is 661 g/mol. The summed E-state index contributed by atoms with van der Waals surface area (Å²) < 4.78 is 1.41. The summed E-state index contributed by atoms with van der Waals surface area (Å²) in [6.45, 7) is 2.85. The van der Waals surface area contributed by atoms with E-state index in [-0.39, 0.29) is 31.6 Å². The summed E-state index contributed by atoms with van der Waals surface area (Å²) in [7, 11) is 0. The molecule has 1 heterocycles. The van der Waals surface area contributed by atoms with Crippen LogP contribution in [0.25, 0.3) is 32.8 Å². The predicted octanol–water partition coefficient (Wildman–Crippen LogP) is 6.31. The molecule has 6 heteroatoms. The second-order valence-electron chi connectivity index (χ2n) is 8.97. The van der Waals surface area contributed by atoms with Gasteiger partial charge in [-0.25, -0.2) is 0 Å². The largest absolute Gasteiger partial charge is 0 e. The molecule has 0 aliphatic heterocycles. The van der Waals surface area contributed by atoms with Crippen LogP contribution in [-0.2, 0) is 24.9 Å². The summed E-state index contributed by atoms with van der Waals surface area (Å²) >= 11 is -2.04. The summed E-state index contributed by atoms with van der Waals surface area (Å²) in [6.07, 6.45) is 3.22. The topological polar surface area (TPSA) is 74.0 Å². The molecule has 4 rings (SSSR count). The zero-order valence-corrected chi connectivity index (χ0v) is 24.4. The van der Waals surface area contributed by atoms with Crippen LogP contribution in [0.2, 0.25) is 17.3 Å². The van der Waals surface area contributed by atoms with Crippen molar-refractivity contribution in [2.24, 2.45) is 0 Å². The van der Waals surface area contributed by atoms with Crippen LogP contribution in [0.5, 0.6) is 0 Å². The van der Waals surface area contributed by atoms with Gasteiger partial charge in [-0.15, -0.1) is 0 Å². The van der Waals surface area contributed by atoms with E-state index in [1.54, 1.807) is 0 Å². The minimum Gasteiger partial charge on any atom is 0 e. The summed E-state index contributed by atoms with van der Waals surface area (Å²) in [5.41, 5.74) is 2.44. The molecule has 0 atom stereocenters. The average Bonchev–Trinajstić information content (AvgIpc) is 2.76. The number of aliphatic hydroxyl groups excluding tert-OH is 1. The Morgan fingerprint density at radius 3 is 2.15 bits per heavy atom. The van der Waals surface area contributed by atoms with Crippen LogP contribution in [0.3, 0.4) is 0 Å². The fourth-order valence-corrected chi connectivity index (χ4v) is 6.85. The number of carbonyl (C=O) groups excluding carboxylic acids is 1. The monoisotopic (exact) mass is 690 g/mol. The number of rotatable bonds is 3. The number of benzene rings is 3. The normalized spacial score (nSPS) is 11.2. The van der Waals surface area contributed by atoms with Gasteiger partial charge in [-0.2, -0.15) is 0 Å². The van der Waals surface area contributed by atoms with E-state index in [1.165, 1.54) is 29.7 Å². The van der Waals surface area contributed by atoms with Crippen molar-refractivity contribution >= 4 is 45.0 Å². The van der Waals surface area contributed by atoms with Crippen molar-refractivity contribution in [3.63, 3.8) is 0 Å². The molecule has 0 saturated heterocycles. The standard InChI is InChI=1S/C23H19GeN2.C5H8O2.Ir/c1-24(2,3)22-15-26-23(21-11-7-6-10-20(21)22)17-12-16-8-4-5-9-19(16)18(13-17)14-25;1-4(6)3-5(2)7;/h4-11,13,15H,1-3H3;3,6H,1-2H3;/q-1;;/b;4-3-;. The summed E-state index contributed by atoms with van der Waals surface area (Å²) in [5.74, 6) is 7.10. The SMILES string of the molecule is CC(=O)/C=C(/C)O.[CH3][Ge]([CH3])([CH3])[c]1cnc(-c2[c-]c3ccccc3c(C#N)c2)c2ccccc12.[Ir]. The number of nitrogens with zero attached hydrogens (tertiary/aromatic N) is 2. The first-order valence-electron chi connectivity index (χ1n) is 10.7. The third-order valence-electron chi connectivity index (χ3n) is 5.17. The van der Waals surface area contributed by atoms with Gasteiger partial charge in [0.15, 0.2) is 5.78 Å². The average molecular weight is 688 g/mol. The fraction of sp³-hybridized carbons (Fsp3) is 0.179. The number of hydrogen-bond acceptors (Lipinski definition) is 4. The third kappa shape index (κ3) is 6.42. The first-order valence-corrected chi connectivity index (χ1v) is 18.1. The van der Waals surface area contributed by atoms with E-state index in [9.17, 15) is 10.1 Å². The zero-order chi connectivity index (χ0) is 24.2. The number of ketones is 1. The van der Waals surface area contributed by atoms with E-state index in [0.717, 1.165) is 27.4 Å². The van der Waals surface area contributed by atoms with Crippen molar-refractivity contribution < 1.29 is 30.0 Å². The van der Waals surface area contributed by atoms with E-state index >= 15 is 0 Å². The van der Waals surface area contributed by atoms with Crippen molar-refractivity contribution in [2.75, 3.05) is 0 Å². The Kier molecular flexibility index (Phi) is 9.35. The van der Waals surface area contributed by atoms with Gasteiger partial charge in [0.1, 0.15) is 0 Å². The number of carbonyl (C=O) groups is 1. The van der Waals surface area contributed by atoms with Crippen molar-refractivity contribution in [1.82, 2.24) is 4.98 Å². The Morgan fingerprint density at radius 1 is 1.03 bits per heavy atom. The molecule has 0 amide bonds. The Labute approximate surface area is 217 Å². The molecule has 0 aliphatic rings. The zero-order valence-electron chi connectivity index (χ0n) is 19.9. The molecule has 175 valence electrons. The number of nitriles is 1. The first kappa shape index (κ1) is 27.5. The maximum atomic E-state index is 10.0. The van der Waals surface area contributed by atoms with E-state index < -0.39 is 13.3 Å². The van der Waals surface area contributed by atoms with Gasteiger partial charge in [0, 0.05) is 26.2 Å². The Bertz CT molecular complexity index is 1410. The van der Waals surface area contributed by atoms with Crippen molar-refractivity contribution in [3.05, 3.63) is 84.3 Å². The number of aliphatic hydroxyl groups is 1. The first-order chi connectivity index (χ1) is 15.6. The van der Waals surface area contributed by atoms with Gasteiger partial charge in [0.2, 0.25) is 0 Å². The number of aromatic nitrogens is 1. The Hall–Kier alpha value is -2.78. The van der Waals surface area contributed by atoms with Crippen LogP contribution in [0, 0.1) is 17.4 Å². The minimum atomic E-state index is -2.04. The number of hydrogen-bond donors (Lipinski definition) is 1. The molecule has 4 aromatic rings. The molecule has 0 aliphatic carbocycles. The quantitative estimate of drug-likeness (QED) is 0.119. The molecule has 1 radical (unpaired) electrons. The van der Waals surface area contributed by atoms with Gasteiger partial charge in [-0.1, -0.05) is 0 Å². The van der Waals surface area contributed by atoms with E-state index in [2.05, 4.69) is 53.7 Å². The molecule has 1 aromatic heterocycles. The van der Waals surface area contributed by atoms with Gasteiger partial charge in [0.25, 0.3) is 0 Å². The summed E-state index contributed by atoms with van der Waals surface area (Å²) in [6, 6.07) is 24.1. The van der Waals surface area contributed by atoms with Crippen LogP contribution in [-0.4, -0.2) is 29.1 Å². The third-order valence-corrected chi connectivity index (χ3v) is 9.39. The maximum absolute atomic E-state index is 10.0. The molecule has 3 aromatic carbocycles. The number of allylic oxidation sites excluding steroid dienone is 2. The Morgan fingerprint density at radius 2 is 1.62 bits per heavy atom. The molecule has 34 heavy (non-hydrogen) atoms. The minimum absolute atomic E-state index is 0. The van der Waals surface area contributed by atoms with E-state index in [0.29, 0.717) is 5.56 Å². The van der Waals surface area contributed by atoms with Crippen molar-refractivity contribution in [2.45, 2.75) is 31.1 Å².